The summed E-state index contributed by atoms with van der Waals surface area (Å²) in [6.45, 7) is 1.01. The van der Waals surface area contributed by atoms with Gasteiger partial charge in [-0.3, -0.25) is 9.59 Å². The predicted octanol–water partition coefficient (Wildman–Crippen LogP) is 0.836. The molecule has 0 saturated heterocycles. The molecule has 0 unspecified atom stereocenters. The summed E-state index contributed by atoms with van der Waals surface area (Å²) in [5.41, 5.74) is 0. The highest BCUT2D eigenvalue weighted by Crippen LogP contribution is 2.11. The standard InChI is InChI=1S/C12H17NO4S/c14-6-8-17-7-5-13-12(16)4-3-10(15)11-2-1-9-18-11/h1-2,9,14H,3-8H2,(H,13,16). The fourth-order valence-electron chi connectivity index (χ4n) is 1.31. The molecule has 2 N–H and O–H groups in total. The van der Waals surface area contributed by atoms with Crippen LogP contribution in [0.15, 0.2) is 17.5 Å². The number of amides is 1. The molecule has 0 aliphatic heterocycles. The maximum Gasteiger partial charge on any atom is 0.220 e. The molecule has 5 nitrogen and oxygen atoms in total. The third-order valence-electron chi connectivity index (χ3n) is 2.18. The molecule has 0 bridgehead atoms. The largest absolute Gasteiger partial charge is 0.394 e. The van der Waals surface area contributed by atoms with Crippen molar-refractivity contribution in [2.24, 2.45) is 0 Å². The first-order chi connectivity index (χ1) is 8.74. The molecule has 1 heterocycles. The first-order valence-corrected chi connectivity index (χ1v) is 6.64. The van der Waals surface area contributed by atoms with Gasteiger partial charge in [-0.1, -0.05) is 6.07 Å². The van der Waals surface area contributed by atoms with Gasteiger partial charge in [-0.15, -0.1) is 11.3 Å². The van der Waals surface area contributed by atoms with E-state index in [0.29, 0.717) is 18.0 Å². The highest BCUT2D eigenvalue weighted by atomic mass is 32.1. The summed E-state index contributed by atoms with van der Waals surface area (Å²) in [6.07, 6.45) is 0.417. The molecule has 0 atom stereocenters. The summed E-state index contributed by atoms with van der Waals surface area (Å²) >= 11 is 1.38. The molecule has 0 aromatic carbocycles. The SMILES string of the molecule is O=C(CCC(=O)c1cccs1)NCCOCCO. The third kappa shape index (κ3) is 5.90. The average Bonchev–Trinajstić information content (AvgIpc) is 2.89. The molecule has 0 spiro atoms. The van der Waals surface area contributed by atoms with Crippen molar-refractivity contribution < 1.29 is 19.4 Å². The summed E-state index contributed by atoms with van der Waals surface area (Å²) in [5.74, 6) is -0.163. The smallest absolute Gasteiger partial charge is 0.220 e. The lowest BCUT2D eigenvalue weighted by Gasteiger charge is -2.05. The second kappa shape index (κ2) is 8.79. The van der Waals surface area contributed by atoms with Gasteiger partial charge in [0.15, 0.2) is 5.78 Å². The van der Waals surface area contributed by atoms with Crippen LogP contribution in [0, 0.1) is 0 Å². The Morgan fingerprint density at radius 2 is 2.17 bits per heavy atom. The number of aliphatic hydroxyl groups excluding tert-OH is 1. The highest BCUT2D eigenvalue weighted by Gasteiger charge is 2.09. The van der Waals surface area contributed by atoms with Gasteiger partial charge in [-0.05, 0) is 11.4 Å². The number of carbonyl (C=O) groups excluding carboxylic acids is 2. The zero-order valence-corrected chi connectivity index (χ0v) is 10.9. The Labute approximate surface area is 110 Å². The van der Waals surface area contributed by atoms with Gasteiger partial charge in [0.2, 0.25) is 5.91 Å². The van der Waals surface area contributed by atoms with Crippen LogP contribution in [0.4, 0.5) is 0 Å². The Kier molecular flexibility index (Phi) is 7.24. The number of aliphatic hydroxyl groups is 1. The van der Waals surface area contributed by atoms with E-state index in [0.717, 1.165) is 0 Å². The van der Waals surface area contributed by atoms with Gasteiger partial charge in [-0.2, -0.15) is 0 Å². The van der Waals surface area contributed by atoms with Crippen LogP contribution in [0.25, 0.3) is 0 Å². The Balaban J connectivity index is 2.08. The molecule has 1 aromatic heterocycles. The van der Waals surface area contributed by atoms with E-state index in [1.807, 2.05) is 11.4 Å². The summed E-state index contributed by atoms with van der Waals surface area (Å²) in [6, 6.07) is 3.57. The van der Waals surface area contributed by atoms with Crippen LogP contribution in [0.1, 0.15) is 22.5 Å². The predicted molar refractivity (Wildman–Crippen MR) is 68.8 cm³/mol. The maximum atomic E-state index is 11.6. The lowest BCUT2D eigenvalue weighted by Crippen LogP contribution is -2.27. The van der Waals surface area contributed by atoms with E-state index in [-0.39, 0.29) is 37.7 Å². The quantitative estimate of drug-likeness (QED) is 0.515. The van der Waals surface area contributed by atoms with E-state index in [9.17, 15) is 9.59 Å². The Morgan fingerprint density at radius 1 is 1.33 bits per heavy atom. The molecule has 1 aromatic rings. The van der Waals surface area contributed by atoms with Crippen LogP contribution in [0.5, 0.6) is 0 Å². The Bertz CT molecular complexity index is 364. The molecule has 0 radical (unpaired) electrons. The molecule has 18 heavy (non-hydrogen) atoms. The zero-order valence-electron chi connectivity index (χ0n) is 10.1. The van der Waals surface area contributed by atoms with Gasteiger partial charge >= 0.3 is 0 Å². The Morgan fingerprint density at radius 3 is 2.83 bits per heavy atom. The van der Waals surface area contributed by atoms with E-state index in [1.54, 1.807) is 6.07 Å². The minimum atomic E-state index is -0.160. The minimum absolute atomic E-state index is 0.00307. The third-order valence-corrected chi connectivity index (χ3v) is 3.09. The number of ketones is 1. The topological polar surface area (TPSA) is 75.6 Å². The fourth-order valence-corrected chi connectivity index (χ4v) is 2.00. The molecule has 0 aliphatic carbocycles. The van der Waals surface area contributed by atoms with Crippen molar-refractivity contribution in [1.82, 2.24) is 5.32 Å². The molecule has 6 heteroatoms. The van der Waals surface area contributed by atoms with E-state index >= 15 is 0 Å². The number of carbonyl (C=O) groups is 2. The fraction of sp³-hybridized carbons (Fsp3) is 0.500. The lowest BCUT2D eigenvalue weighted by atomic mass is 10.2. The molecular formula is C12H17NO4S. The van der Waals surface area contributed by atoms with Crippen molar-refractivity contribution in [1.29, 1.82) is 0 Å². The van der Waals surface area contributed by atoms with Crippen molar-refractivity contribution in [3.8, 4) is 0 Å². The molecule has 0 aliphatic rings. The van der Waals surface area contributed by atoms with E-state index in [1.165, 1.54) is 11.3 Å². The van der Waals surface area contributed by atoms with Gasteiger partial charge in [0, 0.05) is 19.4 Å². The first kappa shape index (κ1) is 14.8. The van der Waals surface area contributed by atoms with Gasteiger partial charge in [0.05, 0.1) is 24.7 Å². The summed E-state index contributed by atoms with van der Waals surface area (Å²) in [5, 5.41) is 12.9. The van der Waals surface area contributed by atoms with Crippen LogP contribution < -0.4 is 5.32 Å². The van der Waals surface area contributed by atoms with Crippen molar-refractivity contribution >= 4 is 23.0 Å². The van der Waals surface area contributed by atoms with Crippen LogP contribution in [0.2, 0.25) is 0 Å². The van der Waals surface area contributed by atoms with E-state index in [2.05, 4.69) is 5.32 Å². The summed E-state index contributed by atoms with van der Waals surface area (Å²) in [7, 11) is 0. The van der Waals surface area contributed by atoms with Gasteiger partial charge < -0.3 is 15.2 Å². The van der Waals surface area contributed by atoms with Gasteiger partial charge in [-0.25, -0.2) is 0 Å². The Hall–Kier alpha value is -1.24. The second-order valence-corrected chi connectivity index (χ2v) is 4.53. The van der Waals surface area contributed by atoms with Crippen LogP contribution in [0.3, 0.4) is 0 Å². The molecule has 1 amide bonds. The normalized spacial score (nSPS) is 10.3. The zero-order chi connectivity index (χ0) is 13.2. The highest BCUT2D eigenvalue weighted by molar-refractivity contribution is 7.12. The molecule has 100 valence electrons. The maximum absolute atomic E-state index is 11.6. The number of ether oxygens (including phenoxy) is 1. The number of rotatable bonds is 9. The van der Waals surface area contributed by atoms with E-state index in [4.69, 9.17) is 9.84 Å². The van der Waals surface area contributed by atoms with Gasteiger partial charge in [0.1, 0.15) is 0 Å². The first-order valence-electron chi connectivity index (χ1n) is 5.76. The molecular weight excluding hydrogens is 254 g/mol. The van der Waals surface area contributed by atoms with Gasteiger partial charge in [0.25, 0.3) is 0 Å². The van der Waals surface area contributed by atoms with Crippen molar-refractivity contribution in [2.45, 2.75) is 12.8 Å². The average molecular weight is 271 g/mol. The summed E-state index contributed by atoms with van der Waals surface area (Å²) in [4.78, 5) is 23.7. The van der Waals surface area contributed by atoms with Crippen molar-refractivity contribution in [2.75, 3.05) is 26.4 Å². The van der Waals surface area contributed by atoms with Crippen molar-refractivity contribution in [3.05, 3.63) is 22.4 Å². The van der Waals surface area contributed by atoms with E-state index < -0.39 is 0 Å². The number of nitrogens with one attached hydrogen (secondary N) is 1. The second-order valence-electron chi connectivity index (χ2n) is 3.59. The lowest BCUT2D eigenvalue weighted by molar-refractivity contribution is -0.121. The summed E-state index contributed by atoms with van der Waals surface area (Å²) < 4.78 is 4.99. The van der Waals surface area contributed by atoms with Crippen molar-refractivity contribution in [3.63, 3.8) is 0 Å². The molecule has 1 rings (SSSR count). The van der Waals surface area contributed by atoms with Crippen LogP contribution >= 0.6 is 11.3 Å². The van der Waals surface area contributed by atoms with Crippen LogP contribution in [-0.2, 0) is 9.53 Å². The number of thiophene rings is 1. The minimum Gasteiger partial charge on any atom is -0.394 e. The number of hydrogen-bond acceptors (Lipinski definition) is 5. The molecule has 0 saturated carbocycles. The number of Topliss-reactive ketones (excluding diaryl/α,β-unsaturated/α-hetero) is 1. The molecule has 0 fully saturated rings. The monoisotopic (exact) mass is 271 g/mol. The number of hydrogen-bond donors (Lipinski definition) is 2. The van der Waals surface area contributed by atoms with Crippen LogP contribution in [-0.4, -0.2) is 43.2 Å².